The Labute approximate surface area is 160 Å². The third-order valence-corrected chi connectivity index (χ3v) is 4.12. The maximum atomic E-state index is 12.4. The summed E-state index contributed by atoms with van der Waals surface area (Å²) in [7, 11) is 1.52. The number of aromatic nitrogens is 1. The number of benzene rings is 2. The molecule has 0 aliphatic rings. The molecule has 2 N–H and O–H groups in total. The Morgan fingerprint density at radius 1 is 1.04 bits per heavy atom. The molecule has 0 spiro atoms. The number of pyridine rings is 1. The molecule has 3 rings (SSSR count). The summed E-state index contributed by atoms with van der Waals surface area (Å²) in [6, 6.07) is 15.7. The minimum absolute atomic E-state index is 0.261. The summed E-state index contributed by atoms with van der Waals surface area (Å²) < 4.78 is 5.22. The largest absolute Gasteiger partial charge is 0.495 e. The van der Waals surface area contributed by atoms with Gasteiger partial charge in [-0.25, -0.2) is 4.98 Å². The van der Waals surface area contributed by atoms with E-state index < -0.39 is 0 Å². The molecular formula is C19H15Cl2N3O2. The number of carbonyl (C=O) groups is 1. The van der Waals surface area contributed by atoms with Crippen molar-refractivity contribution < 1.29 is 9.53 Å². The highest BCUT2D eigenvalue weighted by Crippen LogP contribution is 2.28. The van der Waals surface area contributed by atoms with Gasteiger partial charge in [0, 0.05) is 5.02 Å². The zero-order valence-corrected chi connectivity index (χ0v) is 15.3. The van der Waals surface area contributed by atoms with Crippen LogP contribution in [0.1, 0.15) is 10.5 Å². The molecule has 0 aliphatic heterocycles. The van der Waals surface area contributed by atoms with Crippen molar-refractivity contribution in [2.45, 2.75) is 0 Å². The molecule has 0 bridgehead atoms. The molecule has 2 aromatic carbocycles. The Morgan fingerprint density at radius 2 is 1.85 bits per heavy atom. The molecule has 0 atom stereocenters. The number of methoxy groups -OCH3 is 1. The minimum Gasteiger partial charge on any atom is -0.495 e. The van der Waals surface area contributed by atoms with Gasteiger partial charge in [0.25, 0.3) is 5.91 Å². The Bertz CT molecular complexity index is 930. The topological polar surface area (TPSA) is 63.2 Å². The van der Waals surface area contributed by atoms with Crippen LogP contribution in [0, 0.1) is 0 Å². The van der Waals surface area contributed by atoms with Crippen LogP contribution in [0.2, 0.25) is 10.0 Å². The van der Waals surface area contributed by atoms with E-state index >= 15 is 0 Å². The summed E-state index contributed by atoms with van der Waals surface area (Å²) in [4.78, 5) is 16.6. The van der Waals surface area contributed by atoms with E-state index in [2.05, 4.69) is 15.6 Å². The second kappa shape index (κ2) is 8.08. The molecule has 1 amide bonds. The predicted molar refractivity (Wildman–Crippen MR) is 105 cm³/mol. The van der Waals surface area contributed by atoms with E-state index in [1.807, 2.05) is 18.2 Å². The Morgan fingerprint density at radius 3 is 2.54 bits per heavy atom. The number of rotatable bonds is 5. The Kier molecular flexibility index (Phi) is 5.61. The van der Waals surface area contributed by atoms with Gasteiger partial charge >= 0.3 is 0 Å². The van der Waals surface area contributed by atoms with E-state index in [-0.39, 0.29) is 11.6 Å². The van der Waals surface area contributed by atoms with Crippen LogP contribution in [-0.2, 0) is 0 Å². The average Bonchev–Trinajstić information content (AvgIpc) is 2.64. The van der Waals surface area contributed by atoms with Crippen molar-refractivity contribution in [3.8, 4) is 5.75 Å². The first-order chi connectivity index (χ1) is 12.6. The summed E-state index contributed by atoms with van der Waals surface area (Å²) in [5.41, 5.74) is 2.22. The fourth-order valence-corrected chi connectivity index (χ4v) is 2.64. The SMILES string of the molecule is COc1ccc(Cl)cc1NC(=O)c1ccc(Nc2ccccc2Cl)cn1. The van der Waals surface area contributed by atoms with Crippen LogP contribution in [0.4, 0.5) is 17.1 Å². The van der Waals surface area contributed by atoms with Gasteiger partial charge in [-0.2, -0.15) is 0 Å². The quantitative estimate of drug-likeness (QED) is 0.615. The summed E-state index contributed by atoms with van der Waals surface area (Å²) in [6.07, 6.45) is 1.56. The van der Waals surface area contributed by atoms with Crippen molar-refractivity contribution in [3.05, 3.63) is 76.5 Å². The third kappa shape index (κ3) is 4.25. The second-order valence-corrected chi connectivity index (χ2v) is 6.18. The molecule has 0 aliphatic carbocycles. The van der Waals surface area contributed by atoms with Gasteiger partial charge in [0.2, 0.25) is 0 Å². The van der Waals surface area contributed by atoms with E-state index in [4.69, 9.17) is 27.9 Å². The van der Waals surface area contributed by atoms with Crippen molar-refractivity contribution in [1.82, 2.24) is 4.98 Å². The van der Waals surface area contributed by atoms with E-state index in [0.717, 1.165) is 11.4 Å². The normalized spacial score (nSPS) is 10.3. The third-order valence-electron chi connectivity index (χ3n) is 3.56. The lowest BCUT2D eigenvalue weighted by atomic mass is 10.2. The molecule has 3 aromatic rings. The molecular weight excluding hydrogens is 373 g/mol. The van der Waals surface area contributed by atoms with E-state index in [9.17, 15) is 4.79 Å². The number of halogens is 2. The van der Waals surface area contributed by atoms with Crippen LogP contribution in [0.25, 0.3) is 0 Å². The van der Waals surface area contributed by atoms with Crippen molar-refractivity contribution in [2.75, 3.05) is 17.7 Å². The van der Waals surface area contributed by atoms with Gasteiger partial charge in [0.15, 0.2) is 0 Å². The van der Waals surface area contributed by atoms with Gasteiger partial charge in [-0.3, -0.25) is 4.79 Å². The van der Waals surface area contributed by atoms with Crippen molar-refractivity contribution in [2.24, 2.45) is 0 Å². The fourth-order valence-electron chi connectivity index (χ4n) is 2.28. The molecule has 132 valence electrons. The van der Waals surface area contributed by atoms with E-state index in [1.165, 1.54) is 7.11 Å². The molecule has 0 unspecified atom stereocenters. The second-order valence-electron chi connectivity index (χ2n) is 5.34. The first kappa shape index (κ1) is 18.0. The molecule has 0 fully saturated rings. The average molecular weight is 388 g/mol. The van der Waals surface area contributed by atoms with Crippen LogP contribution in [0.15, 0.2) is 60.8 Å². The maximum Gasteiger partial charge on any atom is 0.274 e. The lowest BCUT2D eigenvalue weighted by Crippen LogP contribution is -2.14. The number of para-hydroxylation sites is 1. The molecule has 0 radical (unpaired) electrons. The van der Waals surface area contributed by atoms with Gasteiger partial charge in [-0.1, -0.05) is 35.3 Å². The summed E-state index contributed by atoms with van der Waals surface area (Å²) >= 11 is 12.1. The van der Waals surface area contributed by atoms with Crippen molar-refractivity contribution in [3.63, 3.8) is 0 Å². The molecule has 0 saturated carbocycles. The lowest BCUT2D eigenvalue weighted by molar-refractivity contribution is 0.102. The molecule has 1 heterocycles. The summed E-state index contributed by atoms with van der Waals surface area (Å²) in [6.45, 7) is 0. The highest BCUT2D eigenvalue weighted by molar-refractivity contribution is 6.33. The standard InChI is InChI=1S/C19H15Cl2N3O2/c1-26-18-9-6-12(20)10-17(18)24-19(25)16-8-7-13(11-22-16)23-15-5-3-2-4-14(15)21/h2-11,23H,1H3,(H,24,25). The molecule has 7 heteroatoms. The van der Waals surface area contributed by atoms with E-state index in [1.54, 1.807) is 42.6 Å². The van der Waals surface area contributed by atoms with Gasteiger partial charge < -0.3 is 15.4 Å². The number of nitrogens with zero attached hydrogens (tertiary/aromatic N) is 1. The number of amides is 1. The molecule has 26 heavy (non-hydrogen) atoms. The van der Waals surface area contributed by atoms with Crippen LogP contribution < -0.4 is 15.4 Å². The zero-order chi connectivity index (χ0) is 18.5. The van der Waals surface area contributed by atoms with Gasteiger partial charge in [0.1, 0.15) is 11.4 Å². The van der Waals surface area contributed by atoms with Gasteiger partial charge in [0.05, 0.1) is 35.4 Å². The highest BCUT2D eigenvalue weighted by Gasteiger charge is 2.12. The number of carbonyl (C=O) groups excluding carboxylic acids is 1. The lowest BCUT2D eigenvalue weighted by Gasteiger charge is -2.11. The monoisotopic (exact) mass is 387 g/mol. The van der Waals surface area contributed by atoms with Crippen LogP contribution in [0.5, 0.6) is 5.75 Å². The first-order valence-corrected chi connectivity index (χ1v) is 8.45. The highest BCUT2D eigenvalue weighted by atomic mass is 35.5. The first-order valence-electron chi connectivity index (χ1n) is 7.69. The van der Waals surface area contributed by atoms with Crippen molar-refractivity contribution in [1.29, 1.82) is 0 Å². The predicted octanol–water partition coefficient (Wildman–Crippen LogP) is 5.39. The Balaban J connectivity index is 1.73. The smallest absolute Gasteiger partial charge is 0.274 e. The molecule has 0 saturated heterocycles. The van der Waals surface area contributed by atoms with Crippen LogP contribution in [0.3, 0.4) is 0 Å². The maximum absolute atomic E-state index is 12.4. The van der Waals surface area contributed by atoms with Gasteiger partial charge in [-0.15, -0.1) is 0 Å². The number of hydrogen-bond acceptors (Lipinski definition) is 4. The zero-order valence-electron chi connectivity index (χ0n) is 13.8. The number of nitrogens with one attached hydrogen (secondary N) is 2. The van der Waals surface area contributed by atoms with E-state index in [0.29, 0.717) is 21.5 Å². The van der Waals surface area contributed by atoms with Crippen LogP contribution >= 0.6 is 23.2 Å². The number of hydrogen-bond donors (Lipinski definition) is 2. The minimum atomic E-state index is -0.366. The van der Waals surface area contributed by atoms with Crippen molar-refractivity contribution >= 4 is 46.2 Å². The number of anilines is 3. The van der Waals surface area contributed by atoms with Gasteiger partial charge in [-0.05, 0) is 42.5 Å². The molecule has 5 nitrogen and oxygen atoms in total. The summed E-state index contributed by atoms with van der Waals surface area (Å²) in [5.74, 6) is 0.148. The van der Waals surface area contributed by atoms with Crippen LogP contribution in [-0.4, -0.2) is 18.0 Å². The number of ether oxygens (including phenoxy) is 1. The fraction of sp³-hybridized carbons (Fsp3) is 0.0526. The Hall–Kier alpha value is -2.76. The summed E-state index contributed by atoms with van der Waals surface area (Å²) in [5, 5.41) is 6.99. The molecule has 1 aromatic heterocycles.